The van der Waals surface area contributed by atoms with Gasteiger partial charge in [0.2, 0.25) is 0 Å². The molecule has 0 bridgehead atoms. The average Bonchev–Trinajstić information content (AvgIpc) is 2.39. The molecule has 0 amide bonds. The average molecular weight is 279 g/mol. The molecule has 0 aliphatic rings. The molecule has 2 aromatic heterocycles. The Morgan fingerprint density at radius 2 is 2.05 bits per heavy atom. The third-order valence-corrected chi connectivity index (χ3v) is 3.54. The van der Waals surface area contributed by atoms with Gasteiger partial charge in [-0.1, -0.05) is 0 Å². The van der Waals surface area contributed by atoms with Crippen molar-refractivity contribution in [2.45, 2.75) is 4.90 Å². The first-order valence-electron chi connectivity index (χ1n) is 5.11. The number of hydrogen-bond donors (Lipinski definition) is 2. The minimum absolute atomic E-state index is 0.0105. The van der Waals surface area contributed by atoms with Crippen molar-refractivity contribution in [2.75, 3.05) is 4.72 Å². The van der Waals surface area contributed by atoms with Gasteiger partial charge in [-0.2, -0.15) is 0 Å². The van der Waals surface area contributed by atoms with Gasteiger partial charge in [0.15, 0.2) is 0 Å². The Bertz CT molecular complexity index is 701. The molecule has 8 heteroatoms. The fraction of sp³-hybridized carbons (Fsp3) is 0. The van der Waals surface area contributed by atoms with Crippen LogP contribution in [0.5, 0.6) is 0 Å². The van der Waals surface area contributed by atoms with Gasteiger partial charge in [0, 0.05) is 18.6 Å². The molecule has 98 valence electrons. The number of aromatic carboxylic acids is 1. The van der Waals surface area contributed by atoms with E-state index in [4.69, 9.17) is 5.11 Å². The lowest BCUT2D eigenvalue weighted by molar-refractivity contribution is 0.0690. The molecule has 19 heavy (non-hydrogen) atoms. The van der Waals surface area contributed by atoms with Gasteiger partial charge in [-0.05, 0) is 24.3 Å². The summed E-state index contributed by atoms with van der Waals surface area (Å²) in [6.07, 6.45) is 3.86. The number of hydrogen-bond acceptors (Lipinski definition) is 5. The quantitative estimate of drug-likeness (QED) is 0.863. The molecule has 0 radical (unpaired) electrons. The van der Waals surface area contributed by atoms with Gasteiger partial charge in [-0.3, -0.25) is 9.71 Å². The fourth-order valence-corrected chi connectivity index (χ4v) is 2.34. The van der Waals surface area contributed by atoms with Crippen LogP contribution in [0.15, 0.2) is 47.8 Å². The Balaban J connectivity index is 2.31. The number of aromatic nitrogens is 2. The summed E-state index contributed by atoms with van der Waals surface area (Å²) in [6.45, 7) is 0. The normalized spacial score (nSPS) is 10.9. The highest BCUT2D eigenvalue weighted by atomic mass is 32.2. The Hall–Kier alpha value is -2.48. The molecule has 2 aromatic rings. The first kappa shape index (κ1) is 13.0. The minimum Gasteiger partial charge on any atom is -0.477 e. The molecule has 0 atom stereocenters. The summed E-state index contributed by atoms with van der Waals surface area (Å²) in [6, 6.07) is 5.37. The van der Waals surface area contributed by atoms with E-state index in [0.29, 0.717) is 0 Å². The van der Waals surface area contributed by atoms with Crippen molar-refractivity contribution in [3.8, 4) is 0 Å². The van der Waals surface area contributed by atoms with E-state index in [2.05, 4.69) is 14.7 Å². The lowest BCUT2D eigenvalue weighted by Gasteiger charge is -2.07. The second kappa shape index (κ2) is 5.02. The minimum atomic E-state index is -3.79. The number of carbonyl (C=O) groups is 1. The van der Waals surface area contributed by atoms with Gasteiger partial charge in [-0.15, -0.1) is 0 Å². The van der Waals surface area contributed by atoms with E-state index in [-0.39, 0.29) is 16.3 Å². The lowest BCUT2D eigenvalue weighted by atomic mass is 10.3. The Kier molecular flexibility index (Phi) is 3.43. The maximum atomic E-state index is 12.0. The highest BCUT2D eigenvalue weighted by Crippen LogP contribution is 2.15. The third kappa shape index (κ3) is 3.05. The summed E-state index contributed by atoms with van der Waals surface area (Å²) in [7, 11) is -3.79. The predicted octanol–water partition coefficient (Wildman–Crippen LogP) is 0.976. The second-order valence-electron chi connectivity index (χ2n) is 3.53. The monoisotopic (exact) mass is 279 g/mol. The Labute approximate surface area is 109 Å². The number of rotatable bonds is 4. The summed E-state index contributed by atoms with van der Waals surface area (Å²) < 4.78 is 26.2. The van der Waals surface area contributed by atoms with Crippen LogP contribution in [-0.4, -0.2) is 29.5 Å². The molecule has 7 nitrogen and oxygen atoms in total. The van der Waals surface area contributed by atoms with Gasteiger partial charge in [0.25, 0.3) is 10.0 Å². The maximum absolute atomic E-state index is 12.0. The maximum Gasteiger partial charge on any atom is 0.354 e. The number of nitrogens with one attached hydrogen (secondary N) is 1. The van der Waals surface area contributed by atoms with Crippen molar-refractivity contribution in [1.82, 2.24) is 9.97 Å². The first-order chi connectivity index (χ1) is 8.99. The van der Waals surface area contributed by atoms with E-state index in [1.165, 1.54) is 36.8 Å². The summed E-state index contributed by atoms with van der Waals surface area (Å²) in [4.78, 5) is 18.0. The standard InChI is InChI=1S/C11H9N3O4S/c15-11(16)10-6-8(3-5-13-10)14-19(17,18)9-2-1-4-12-7-9/h1-7H,(H,13,14)(H,15,16). The highest BCUT2D eigenvalue weighted by Gasteiger charge is 2.15. The van der Waals surface area contributed by atoms with E-state index < -0.39 is 16.0 Å². The first-order valence-corrected chi connectivity index (χ1v) is 6.59. The summed E-state index contributed by atoms with van der Waals surface area (Å²) in [5.74, 6) is -1.23. The summed E-state index contributed by atoms with van der Waals surface area (Å²) in [5.41, 5.74) is -0.123. The van der Waals surface area contributed by atoms with Crippen molar-refractivity contribution in [3.05, 3.63) is 48.5 Å². The molecule has 0 aliphatic carbocycles. The molecule has 0 saturated heterocycles. The third-order valence-electron chi connectivity index (χ3n) is 2.18. The zero-order valence-corrected chi connectivity index (χ0v) is 10.3. The van der Waals surface area contributed by atoms with Crippen molar-refractivity contribution >= 4 is 21.7 Å². The number of anilines is 1. The van der Waals surface area contributed by atoms with Crippen molar-refractivity contribution < 1.29 is 18.3 Å². The van der Waals surface area contributed by atoms with Crippen LogP contribution in [0.3, 0.4) is 0 Å². The van der Waals surface area contributed by atoms with E-state index in [0.717, 1.165) is 6.07 Å². The van der Waals surface area contributed by atoms with Crippen LogP contribution in [-0.2, 0) is 10.0 Å². The van der Waals surface area contributed by atoms with Gasteiger partial charge in [-0.25, -0.2) is 18.2 Å². The summed E-state index contributed by atoms with van der Waals surface area (Å²) in [5, 5.41) is 8.77. The number of carboxylic acids is 1. The summed E-state index contributed by atoms with van der Waals surface area (Å²) >= 11 is 0. The molecule has 2 rings (SSSR count). The van der Waals surface area contributed by atoms with Crippen LogP contribution >= 0.6 is 0 Å². The number of carboxylic acid groups (broad SMARTS) is 1. The van der Waals surface area contributed by atoms with Crippen LogP contribution < -0.4 is 4.72 Å². The number of pyridine rings is 2. The van der Waals surface area contributed by atoms with Crippen molar-refractivity contribution in [3.63, 3.8) is 0 Å². The van der Waals surface area contributed by atoms with E-state index >= 15 is 0 Å². The van der Waals surface area contributed by atoms with Crippen LogP contribution in [0.4, 0.5) is 5.69 Å². The van der Waals surface area contributed by atoms with Crippen LogP contribution in [0.25, 0.3) is 0 Å². The molecule has 0 spiro atoms. The molecule has 2 heterocycles. The van der Waals surface area contributed by atoms with Gasteiger partial charge >= 0.3 is 5.97 Å². The molecule has 2 N–H and O–H groups in total. The van der Waals surface area contributed by atoms with Gasteiger partial charge in [0.1, 0.15) is 10.6 Å². The zero-order chi connectivity index (χ0) is 13.9. The van der Waals surface area contributed by atoms with Crippen LogP contribution in [0.1, 0.15) is 10.5 Å². The van der Waals surface area contributed by atoms with Gasteiger partial charge < -0.3 is 5.11 Å². The second-order valence-corrected chi connectivity index (χ2v) is 5.21. The molecular formula is C11H9N3O4S. The topological polar surface area (TPSA) is 109 Å². The fourth-order valence-electron chi connectivity index (χ4n) is 1.33. The molecule has 0 aliphatic heterocycles. The predicted molar refractivity (Wildman–Crippen MR) is 66.2 cm³/mol. The van der Waals surface area contributed by atoms with E-state index in [9.17, 15) is 13.2 Å². The molecular weight excluding hydrogens is 270 g/mol. The molecule has 0 saturated carbocycles. The van der Waals surface area contributed by atoms with Crippen molar-refractivity contribution in [1.29, 1.82) is 0 Å². The molecule has 0 unspecified atom stereocenters. The Morgan fingerprint density at radius 3 is 2.68 bits per heavy atom. The van der Waals surface area contributed by atoms with Crippen molar-refractivity contribution in [2.24, 2.45) is 0 Å². The zero-order valence-electron chi connectivity index (χ0n) is 9.52. The van der Waals surface area contributed by atoms with Gasteiger partial charge in [0.05, 0.1) is 5.69 Å². The van der Waals surface area contributed by atoms with Crippen LogP contribution in [0, 0.1) is 0 Å². The SMILES string of the molecule is O=C(O)c1cc(NS(=O)(=O)c2cccnc2)ccn1. The molecule has 0 fully saturated rings. The molecule has 0 aromatic carbocycles. The largest absolute Gasteiger partial charge is 0.477 e. The van der Waals surface area contributed by atoms with E-state index in [1.54, 1.807) is 0 Å². The number of sulfonamides is 1. The van der Waals surface area contributed by atoms with E-state index in [1.807, 2.05) is 0 Å². The van der Waals surface area contributed by atoms with Crippen LogP contribution in [0.2, 0.25) is 0 Å². The lowest BCUT2D eigenvalue weighted by Crippen LogP contribution is -2.13. The smallest absolute Gasteiger partial charge is 0.354 e. The number of nitrogens with zero attached hydrogens (tertiary/aromatic N) is 2. The highest BCUT2D eigenvalue weighted by molar-refractivity contribution is 7.92. The Morgan fingerprint density at radius 1 is 1.26 bits per heavy atom.